The Balaban J connectivity index is 1.82. The Bertz CT molecular complexity index is 443. The van der Waals surface area contributed by atoms with E-state index in [0.29, 0.717) is 0 Å². The lowest BCUT2D eigenvalue weighted by Gasteiger charge is -2.51. The molecule has 3 rings (SSSR count). The van der Waals surface area contributed by atoms with Crippen molar-refractivity contribution in [1.82, 2.24) is 4.90 Å². The molecule has 1 aliphatic heterocycles. The molecule has 2 heteroatoms. The van der Waals surface area contributed by atoms with E-state index in [-0.39, 0.29) is 5.54 Å². The van der Waals surface area contributed by atoms with Crippen molar-refractivity contribution < 1.29 is 0 Å². The third-order valence-corrected chi connectivity index (χ3v) is 6.07. The van der Waals surface area contributed by atoms with E-state index >= 15 is 0 Å². The van der Waals surface area contributed by atoms with Gasteiger partial charge in [0, 0.05) is 25.2 Å². The van der Waals surface area contributed by atoms with E-state index in [4.69, 9.17) is 5.73 Å². The van der Waals surface area contributed by atoms with Gasteiger partial charge in [0.25, 0.3) is 0 Å². The molecule has 0 spiro atoms. The van der Waals surface area contributed by atoms with Crippen molar-refractivity contribution in [2.24, 2.45) is 11.7 Å². The standard InChI is InChI=1S/C19H30N2/c1-2-18-9-5-6-12-19(18,15-20)21-13-10-16-7-3-4-8-17(16)11-14-21/h3-4,7-8,18H,2,5-6,9-15,20H2,1H3. The maximum atomic E-state index is 6.35. The van der Waals surface area contributed by atoms with Crippen molar-refractivity contribution in [1.29, 1.82) is 0 Å². The molecular weight excluding hydrogens is 256 g/mol. The summed E-state index contributed by atoms with van der Waals surface area (Å²) in [6.07, 6.45) is 9.09. The maximum absolute atomic E-state index is 6.35. The normalized spacial score (nSPS) is 30.7. The lowest BCUT2D eigenvalue weighted by molar-refractivity contribution is 0.00682. The highest BCUT2D eigenvalue weighted by atomic mass is 15.2. The third kappa shape index (κ3) is 2.76. The van der Waals surface area contributed by atoms with Gasteiger partial charge < -0.3 is 5.73 Å². The van der Waals surface area contributed by atoms with Crippen LogP contribution in [0.2, 0.25) is 0 Å². The van der Waals surface area contributed by atoms with Gasteiger partial charge >= 0.3 is 0 Å². The van der Waals surface area contributed by atoms with Gasteiger partial charge in [0.2, 0.25) is 0 Å². The zero-order valence-electron chi connectivity index (χ0n) is 13.5. The highest BCUT2D eigenvalue weighted by molar-refractivity contribution is 5.29. The molecule has 0 aromatic heterocycles. The fourth-order valence-corrected chi connectivity index (χ4v) is 4.81. The first-order valence-corrected chi connectivity index (χ1v) is 8.82. The van der Waals surface area contributed by atoms with Crippen LogP contribution >= 0.6 is 0 Å². The van der Waals surface area contributed by atoms with E-state index in [2.05, 4.69) is 36.1 Å². The van der Waals surface area contributed by atoms with Gasteiger partial charge in [-0.25, -0.2) is 0 Å². The van der Waals surface area contributed by atoms with E-state index in [0.717, 1.165) is 12.5 Å². The molecule has 1 fully saturated rings. The Morgan fingerprint density at radius 1 is 1.14 bits per heavy atom. The number of benzene rings is 1. The fourth-order valence-electron chi connectivity index (χ4n) is 4.81. The van der Waals surface area contributed by atoms with Crippen molar-refractivity contribution in [2.75, 3.05) is 19.6 Å². The SMILES string of the molecule is CCC1CCCCC1(CN)N1CCc2ccccc2CC1. The largest absolute Gasteiger partial charge is 0.329 e. The summed E-state index contributed by atoms with van der Waals surface area (Å²) in [7, 11) is 0. The minimum atomic E-state index is 0.273. The van der Waals surface area contributed by atoms with Crippen molar-refractivity contribution in [3.05, 3.63) is 35.4 Å². The third-order valence-electron chi connectivity index (χ3n) is 6.07. The van der Waals surface area contributed by atoms with Gasteiger partial charge in [0.1, 0.15) is 0 Å². The average molecular weight is 286 g/mol. The molecule has 116 valence electrons. The lowest BCUT2D eigenvalue weighted by atomic mass is 9.70. The molecule has 2 unspecified atom stereocenters. The summed E-state index contributed by atoms with van der Waals surface area (Å²) in [4.78, 5) is 2.76. The number of nitrogens with zero attached hydrogens (tertiary/aromatic N) is 1. The fraction of sp³-hybridized carbons (Fsp3) is 0.684. The van der Waals surface area contributed by atoms with E-state index in [1.54, 1.807) is 11.1 Å². The van der Waals surface area contributed by atoms with Crippen LogP contribution in [-0.2, 0) is 12.8 Å². The van der Waals surface area contributed by atoms with Crippen molar-refractivity contribution in [3.63, 3.8) is 0 Å². The summed E-state index contributed by atoms with van der Waals surface area (Å²) in [5.41, 5.74) is 9.73. The molecule has 0 amide bonds. The molecule has 1 heterocycles. The molecule has 1 aromatic rings. The van der Waals surface area contributed by atoms with Gasteiger partial charge in [-0.05, 0) is 42.7 Å². The summed E-state index contributed by atoms with van der Waals surface area (Å²) in [6.45, 7) is 5.56. The zero-order valence-corrected chi connectivity index (χ0v) is 13.5. The summed E-state index contributed by atoms with van der Waals surface area (Å²) in [6, 6.07) is 8.99. The Kier molecular flexibility index (Phi) is 4.66. The molecule has 0 radical (unpaired) electrons. The van der Waals surface area contributed by atoms with Gasteiger partial charge in [-0.3, -0.25) is 4.90 Å². The van der Waals surface area contributed by atoms with E-state index in [9.17, 15) is 0 Å². The first-order chi connectivity index (χ1) is 10.3. The second-order valence-corrected chi connectivity index (χ2v) is 6.91. The zero-order chi connectivity index (χ0) is 14.7. The number of hydrogen-bond acceptors (Lipinski definition) is 2. The highest BCUT2D eigenvalue weighted by Gasteiger charge is 2.43. The molecule has 2 aliphatic rings. The summed E-state index contributed by atoms with van der Waals surface area (Å²) >= 11 is 0. The first-order valence-electron chi connectivity index (χ1n) is 8.82. The highest BCUT2D eigenvalue weighted by Crippen LogP contribution is 2.40. The van der Waals surface area contributed by atoms with E-state index < -0.39 is 0 Å². The lowest BCUT2D eigenvalue weighted by Crippen LogP contribution is -2.60. The predicted molar refractivity (Wildman–Crippen MR) is 89.5 cm³/mol. The molecule has 1 saturated carbocycles. The smallest absolute Gasteiger partial charge is 0.0359 e. The molecule has 21 heavy (non-hydrogen) atoms. The average Bonchev–Trinajstić information content (AvgIpc) is 2.77. The Morgan fingerprint density at radius 3 is 2.38 bits per heavy atom. The van der Waals surface area contributed by atoms with Gasteiger partial charge in [-0.15, -0.1) is 0 Å². The quantitative estimate of drug-likeness (QED) is 0.923. The predicted octanol–water partition coefficient (Wildman–Crippen LogP) is 3.38. The molecule has 2 nitrogen and oxygen atoms in total. The van der Waals surface area contributed by atoms with Gasteiger partial charge in [0.05, 0.1) is 0 Å². The number of fused-ring (bicyclic) bond motifs is 1. The summed E-state index contributed by atoms with van der Waals surface area (Å²) in [5, 5.41) is 0. The van der Waals surface area contributed by atoms with Crippen LogP contribution in [0.1, 0.15) is 50.2 Å². The van der Waals surface area contributed by atoms with Crippen LogP contribution in [-0.4, -0.2) is 30.1 Å². The Hall–Kier alpha value is -0.860. The van der Waals surface area contributed by atoms with Crippen molar-refractivity contribution >= 4 is 0 Å². The van der Waals surface area contributed by atoms with Gasteiger partial charge in [0.15, 0.2) is 0 Å². The Morgan fingerprint density at radius 2 is 1.81 bits per heavy atom. The van der Waals surface area contributed by atoms with Crippen molar-refractivity contribution in [2.45, 2.75) is 57.4 Å². The molecule has 0 bridgehead atoms. The molecular formula is C19H30N2. The van der Waals surface area contributed by atoms with E-state index in [1.165, 1.54) is 58.0 Å². The molecule has 2 atom stereocenters. The molecule has 2 N–H and O–H groups in total. The minimum Gasteiger partial charge on any atom is -0.329 e. The monoisotopic (exact) mass is 286 g/mol. The van der Waals surface area contributed by atoms with Crippen LogP contribution in [0.5, 0.6) is 0 Å². The van der Waals surface area contributed by atoms with Crippen molar-refractivity contribution in [3.8, 4) is 0 Å². The summed E-state index contributed by atoms with van der Waals surface area (Å²) in [5.74, 6) is 0.789. The topological polar surface area (TPSA) is 29.3 Å². The number of hydrogen-bond donors (Lipinski definition) is 1. The maximum Gasteiger partial charge on any atom is 0.0359 e. The second-order valence-electron chi connectivity index (χ2n) is 6.91. The molecule has 1 aliphatic carbocycles. The number of nitrogens with two attached hydrogens (primary N) is 1. The first kappa shape index (κ1) is 15.1. The van der Waals surface area contributed by atoms with Gasteiger partial charge in [-0.1, -0.05) is 50.5 Å². The Labute approximate surface area is 129 Å². The van der Waals surface area contributed by atoms with Gasteiger partial charge in [-0.2, -0.15) is 0 Å². The molecule has 1 aromatic carbocycles. The van der Waals surface area contributed by atoms with Crippen LogP contribution in [0, 0.1) is 5.92 Å². The van der Waals surface area contributed by atoms with Crippen LogP contribution < -0.4 is 5.73 Å². The second kappa shape index (κ2) is 6.50. The number of rotatable bonds is 3. The van der Waals surface area contributed by atoms with E-state index in [1.807, 2.05) is 0 Å². The van der Waals surface area contributed by atoms with Crippen LogP contribution in [0.4, 0.5) is 0 Å². The van der Waals surface area contributed by atoms with Crippen LogP contribution in [0.15, 0.2) is 24.3 Å². The van der Waals surface area contributed by atoms with Crippen LogP contribution in [0.3, 0.4) is 0 Å². The minimum absolute atomic E-state index is 0.273. The summed E-state index contributed by atoms with van der Waals surface area (Å²) < 4.78 is 0. The van der Waals surface area contributed by atoms with Crippen LogP contribution in [0.25, 0.3) is 0 Å². The molecule has 0 saturated heterocycles.